The molecule has 0 radical (unpaired) electrons. The molecule has 1 aromatic carbocycles. The summed E-state index contributed by atoms with van der Waals surface area (Å²) < 4.78 is 0. The maximum Gasteiger partial charge on any atom is 0.128 e. The van der Waals surface area contributed by atoms with Crippen molar-refractivity contribution in [3.05, 3.63) is 58.7 Å². The van der Waals surface area contributed by atoms with Gasteiger partial charge in [-0.1, -0.05) is 29.8 Å². The number of fused-ring (bicyclic) bond motifs is 1. The molecule has 1 aromatic heterocycles. The van der Waals surface area contributed by atoms with Crippen molar-refractivity contribution >= 4 is 0 Å². The summed E-state index contributed by atoms with van der Waals surface area (Å²) in [6, 6.07) is 8.82. The van der Waals surface area contributed by atoms with Crippen LogP contribution in [0.1, 0.15) is 41.1 Å². The zero-order valence-electron chi connectivity index (χ0n) is 13.3. The lowest BCUT2D eigenvalue weighted by Crippen LogP contribution is -2.31. The first-order valence-electron chi connectivity index (χ1n) is 8.38. The summed E-state index contributed by atoms with van der Waals surface area (Å²) in [6.07, 6.45) is 6.94. The minimum atomic E-state index is 0.852. The molecule has 114 valence electrons. The maximum atomic E-state index is 4.85. The summed E-state index contributed by atoms with van der Waals surface area (Å²) in [5, 5.41) is 0. The van der Waals surface area contributed by atoms with Gasteiger partial charge in [-0.25, -0.2) is 9.97 Å². The lowest BCUT2D eigenvalue weighted by molar-refractivity contribution is 0.240. The first kappa shape index (κ1) is 13.9. The van der Waals surface area contributed by atoms with Crippen molar-refractivity contribution in [1.29, 1.82) is 0 Å². The van der Waals surface area contributed by atoms with Crippen LogP contribution in [0.25, 0.3) is 0 Å². The molecule has 0 N–H and O–H groups in total. The molecule has 0 bridgehead atoms. The number of aromatic nitrogens is 2. The topological polar surface area (TPSA) is 29.0 Å². The van der Waals surface area contributed by atoms with Crippen LogP contribution in [-0.4, -0.2) is 21.4 Å². The third-order valence-electron chi connectivity index (χ3n) is 4.73. The molecule has 2 aliphatic rings. The molecule has 22 heavy (non-hydrogen) atoms. The minimum Gasteiger partial charge on any atom is -0.293 e. The molecule has 4 rings (SSSR count). The molecule has 0 amide bonds. The van der Waals surface area contributed by atoms with Crippen LogP contribution in [-0.2, 0) is 25.9 Å². The summed E-state index contributed by atoms with van der Waals surface area (Å²) in [4.78, 5) is 11.9. The summed E-state index contributed by atoms with van der Waals surface area (Å²) in [6.45, 7) is 5.24. The quantitative estimate of drug-likeness (QED) is 0.866. The van der Waals surface area contributed by atoms with E-state index in [1.54, 1.807) is 0 Å². The second-order valence-electron chi connectivity index (χ2n) is 6.86. The molecule has 1 saturated carbocycles. The molecule has 0 saturated heterocycles. The number of benzene rings is 1. The Morgan fingerprint density at radius 3 is 3.00 bits per heavy atom. The van der Waals surface area contributed by atoms with E-state index in [0.29, 0.717) is 0 Å². The van der Waals surface area contributed by atoms with Crippen molar-refractivity contribution in [3.8, 4) is 0 Å². The van der Waals surface area contributed by atoms with Crippen molar-refractivity contribution in [2.75, 3.05) is 6.54 Å². The average molecular weight is 293 g/mol. The van der Waals surface area contributed by atoms with Gasteiger partial charge in [0.25, 0.3) is 0 Å². The van der Waals surface area contributed by atoms with Gasteiger partial charge in [0.2, 0.25) is 0 Å². The zero-order valence-corrected chi connectivity index (χ0v) is 13.3. The van der Waals surface area contributed by atoms with Crippen molar-refractivity contribution in [2.45, 2.75) is 45.7 Å². The molecular formula is C19H23N3. The smallest absolute Gasteiger partial charge is 0.128 e. The Labute approximate surface area is 132 Å². The van der Waals surface area contributed by atoms with Crippen LogP contribution >= 0.6 is 0 Å². The fraction of sp³-hybridized carbons (Fsp3) is 0.474. The predicted octanol–water partition coefficient (Wildman–Crippen LogP) is 3.30. The third kappa shape index (κ3) is 3.20. The van der Waals surface area contributed by atoms with Crippen LogP contribution in [0.3, 0.4) is 0 Å². The summed E-state index contributed by atoms with van der Waals surface area (Å²) in [7, 11) is 0. The van der Waals surface area contributed by atoms with E-state index < -0.39 is 0 Å². The molecule has 1 aliphatic heterocycles. The molecule has 3 nitrogen and oxygen atoms in total. The average Bonchev–Trinajstić information content (AvgIpc) is 3.31. The largest absolute Gasteiger partial charge is 0.293 e. The van der Waals surface area contributed by atoms with Crippen LogP contribution in [0.2, 0.25) is 0 Å². The Morgan fingerprint density at radius 1 is 1.27 bits per heavy atom. The Hall–Kier alpha value is -1.74. The highest BCUT2D eigenvalue weighted by Gasteiger charge is 2.24. The maximum absolute atomic E-state index is 4.85. The normalized spacial score (nSPS) is 18.2. The molecule has 2 aromatic rings. The highest BCUT2D eigenvalue weighted by atomic mass is 15.1. The van der Waals surface area contributed by atoms with E-state index in [-0.39, 0.29) is 0 Å². The molecule has 1 fully saturated rings. The number of nitrogens with zero attached hydrogens (tertiary/aromatic N) is 3. The Morgan fingerprint density at radius 2 is 2.18 bits per heavy atom. The van der Waals surface area contributed by atoms with Crippen LogP contribution in [0.4, 0.5) is 0 Å². The van der Waals surface area contributed by atoms with Gasteiger partial charge in [0.15, 0.2) is 0 Å². The van der Waals surface area contributed by atoms with Gasteiger partial charge in [0.1, 0.15) is 5.82 Å². The van der Waals surface area contributed by atoms with Crippen molar-refractivity contribution in [3.63, 3.8) is 0 Å². The van der Waals surface area contributed by atoms with Crippen LogP contribution < -0.4 is 0 Å². The monoisotopic (exact) mass is 293 g/mol. The zero-order chi connectivity index (χ0) is 14.9. The van der Waals surface area contributed by atoms with E-state index in [0.717, 1.165) is 44.2 Å². The molecule has 1 aliphatic carbocycles. The lowest BCUT2D eigenvalue weighted by Gasteiger charge is -2.28. The van der Waals surface area contributed by atoms with Gasteiger partial charge in [-0.15, -0.1) is 0 Å². The van der Waals surface area contributed by atoms with E-state index in [1.165, 1.54) is 35.2 Å². The number of aryl methyl sites for hydroxylation is 1. The van der Waals surface area contributed by atoms with Gasteiger partial charge < -0.3 is 0 Å². The van der Waals surface area contributed by atoms with E-state index in [1.807, 2.05) is 0 Å². The fourth-order valence-corrected chi connectivity index (χ4v) is 3.28. The van der Waals surface area contributed by atoms with Crippen LogP contribution in [0.15, 0.2) is 30.5 Å². The van der Waals surface area contributed by atoms with E-state index in [9.17, 15) is 0 Å². The Kier molecular flexibility index (Phi) is 3.67. The number of rotatable bonds is 4. The Bertz CT molecular complexity index is 676. The number of hydrogen-bond donors (Lipinski definition) is 0. The van der Waals surface area contributed by atoms with Crippen LogP contribution in [0.5, 0.6) is 0 Å². The van der Waals surface area contributed by atoms with E-state index >= 15 is 0 Å². The highest BCUT2D eigenvalue weighted by molar-refractivity contribution is 5.24. The molecule has 0 atom stereocenters. The van der Waals surface area contributed by atoms with Gasteiger partial charge in [0, 0.05) is 32.3 Å². The highest BCUT2D eigenvalue weighted by Crippen LogP contribution is 2.32. The molecule has 3 heteroatoms. The Balaban J connectivity index is 1.47. The second kappa shape index (κ2) is 5.81. The SMILES string of the molecule is Cc1cccc(CN2CCc3cnc(CC4CC4)nc3C2)c1. The number of hydrogen-bond acceptors (Lipinski definition) is 3. The molecule has 0 unspecified atom stereocenters. The van der Waals surface area contributed by atoms with Crippen molar-refractivity contribution in [1.82, 2.24) is 14.9 Å². The first-order chi connectivity index (χ1) is 10.8. The van der Waals surface area contributed by atoms with Gasteiger partial charge in [0.05, 0.1) is 5.69 Å². The molecule has 0 spiro atoms. The summed E-state index contributed by atoms with van der Waals surface area (Å²) in [5.41, 5.74) is 5.34. The first-order valence-corrected chi connectivity index (χ1v) is 8.38. The van der Waals surface area contributed by atoms with Crippen LogP contribution in [0, 0.1) is 12.8 Å². The minimum absolute atomic E-state index is 0.852. The lowest BCUT2D eigenvalue weighted by atomic mass is 10.0. The summed E-state index contributed by atoms with van der Waals surface area (Å²) in [5.74, 6) is 1.91. The summed E-state index contributed by atoms with van der Waals surface area (Å²) >= 11 is 0. The fourth-order valence-electron chi connectivity index (χ4n) is 3.28. The predicted molar refractivity (Wildman–Crippen MR) is 87.5 cm³/mol. The van der Waals surface area contributed by atoms with E-state index in [2.05, 4.69) is 47.3 Å². The molecular weight excluding hydrogens is 270 g/mol. The molecule has 2 heterocycles. The second-order valence-corrected chi connectivity index (χ2v) is 6.86. The van der Waals surface area contributed by atoms with Gasteiger partial charge in [-0.05, 0) is 43.2 Å². The third-order valence-corrected chi connectivity index (χ3v) is 4.73. The van der Waals surface area contributed by atoms with Gasteiger partial charge >= 0.3 is 0 Å². The van der Waals surface area contributed by atoms with Crippen molar-refractivity contribution < 1.29 is 0 Å². The standard InChI is InChI=1S/C19H23N3/c1-14-3-2-4-16(9-14)12-22-8-7-17-11-20-19(10-15-5-6-15)21-18(17)13-22/h2-4,9,11,15H,5-8,10,12-13H2,1H3. The van der Waals surface area contributed by atoms with Gasteiger partial charge in [-0.2, -0.15) is 0 Å². The van der Waals surface area contributed by atoms with Crippen molar-refractivity contribution in [2.24, 2.45) is 5.92 Å². The van der Waals surface area contributed by atoms with E-state index in [4.69, 9.17) is 4.98 Å². The van der Waals surface area contributed by atoms with Gasteiger partial charge in [-0.3, -0.25) is 4.90 Å².